The van der Waals surface area contributed by atoms with Gasteiger partial charge < -0.3 is 9.88 Å². The summed E-state index contributed by atoms with van der Waals surface area (Å²) in [6, 6.07) is 11.0. The molecule has 21 heavy (non-hydrogen) atoms. The van der Waals surface area contributed by atoms with Crippen LogP contribution in [0.15, 0.2) is 30.3 Å². The van der Waals surface area contributed by atoms with Gasteiger partial charge in [-0.05, 0) is 12.5 Å². The minimum atomic E-state index is 0.0629. The van der Waals surface area contributed by atoms with Crippen molar-refractivity contribution in [3.05, 3.63) is 47.5 Å². The van der Waals surface area contributed by atoms with E-state index in [1.807, 2.05) is 7.05 Å². The van der Waals surface area contributed by atoms with Crippen LogP contribution in [0.1, 0.15) is 44.9 Å². The van der Waals surface area contributed by atoms with Crippen LogP contribution in [-0.4, -0.2) is 20.8 Å². The van der Waals surface area contributed by atoms with E-state index < -0.39 is 0 Å². The number of nitrogens with zero attached hydrogens (tertiary/aromatic N) is 3. The van der Waals surface area contributed by atoms with Crippen molar-refractivity contribution in [3.63, 3.8) is 0 Å². The second-order valence-electron chi connectivity index (χ2n) is 6.14. The van der Waals surface area contributed by atoms with E-state index in [2.05, 4.69) is 78.1 Å². The number of hydrogen-bond donors (Lipinski definition) is 1. The molecule has 0 bridgehead atoms. The SMILES string of the molecule is CCc1nnc(CN[C@H](C)C(C)(C)c2ccccc2)n1C. The van der Waals surface area contributed by atoms with Crippen LogP contribution >= 0.6 is 0 Å². The predicted octanol–water partition coefficient (Wildman–Crippen LogP) is 2.83. The molecule has 1 heterocycles. The molecular weight excluding hydrogens is 260 g/mol. The summed E-state index contributed by atoms with van der Waals surface area (Å²) in [5.74, 6) is 2.02. The second kappa shape index (κ2) is 6.39. The Morgan fingerprint density at radius 1 is 1.14 bits per heavy atom. The first-order chi connectivity index (χ1) is 9.96. The van der Waals surface area contributed by atoms with Gasteiger partial charge in [0.2, 0.25) is 0 Å². The molecule has 2 aromatic rings. The normalized spacial score (nSPS) is 13.4. The van der Waals surface area contributed by atoms with Crippen molar-refractivity contribution in [1.29, 1.82) is 0 Å². The number of aromatic nitrogens is 3. The zero-order chi connectivity index (χ0) is 15.5. The first-order valence-corrected chi connectivity index (χ1v) is 7.62. The molecule has 0 saturated heterocycles. The van der Waals surface area contributed by atoms with Gasteiger partial charge in [-0.2, -0.15) is 0 Å². The van der Waals surface area contributed by atoms with Gasteiger partial charge in [0.25, 0.3) is 0 Å². The van der Waals surface area contributed by atoms with Crippen LogP contribution in [0.4, 0.5) is 0 Å². The van der Waals surface area contributed by atoms with E-state index in [1.165, 1.54) is 5.56 Å². The van der Waals surface area contributed by atoms with Gasteiger partial charge in [-0.3, -0.25) is 0 Å². The fourth-order valence-corrected chi connectivity index (χ4v) is 2.48. The lowest BCUT2D eigenvalue weighted by Gasteiger charge is -2.33. The van der Waals surface area contributed by atoms with Crippen molar-refractivity contribution >= 4 is 0 Å². The number of hydrogen-bond acceptors (Lipinski definition) is 3. The lowest BCUT2D eigenvalue weighted by atomic mass is 9.78. The van der Waals surface area contributed by atoms with E-state index in [9.17, 15) is 0 Å². The Morgan fingerprint density at radius 2 is 1.76 bits per heavy atom. The summed E-state index contributed by atoms with van der Waals surface area (Å²) < 4.78 is 2.08. The molecule has 0 unspecified atom stereocenters. The monoisotopic (exact) mass is 286 g/mol. The first kappa shape index (κ1) is 15.7. The third kappa shape index (κ3) is 3.32. The molecule has 0 aliphatic heterocycles. The molecule has 0 radical (unpaired) electrons. The summed E-state index contributed by atoms with van der Waals surface area (Å²) in [6.45, 7) is 9.61. The molecule has 0 amide bonds. The summed E-state index contributed by atoms with van der Waals surface area (Å²) in [6.07, 6.45) is 0.911. The lowest BCUT2D eigenvalue weighted by molar-refractivity contribution is 0.356. The molecular formula is C17H26N4. The highest BCUT2D eigenvalue weighted by molar-refractivity contribution is 5.25. The van der Waals surface area contributed by atoms with Crippen molar-refractivity contribution < 1.29 is 0 Å². The quantitative estimate of drug-likeness (QED) is 0.888. The third-order valence-electron chi connectivity index (χ3n) is 4.54. The zero-order valence-corrected chi connectivity index (χ0v) is 13.7. The molecule has 114 valence electrons. The highest BCUT2D eigenvalue weighted by Crippen LogP contribution is 2.26. The average Bonchev–Trinajstić information content (AvgIpc) is 2.85. The Balaban J connectivity index is 2.04. The van der Waals surface area contributed by atoms with Crippen LogP contribution in [0.25, 0.3) is 0 Å². The first-order valence-electron chi connectivity index (χ1n) is 7.62. The molecule has 2 rings (SSSR count). The van der Waals surface area contributed by atoms with Crippen LogP contribution in [-0.2, 0) is 25.4 Å². The van der Waals surface area contributed by atoms with Gasteiger partial charge in [-0.1, -0.05) is 51.1 Å². The maximum atomic E-state index is 4.26. The topological polar surface area (TPSA) is 42.7 Å². The molecule has 0 spiro atoms. The minimum Gasteiger partial charge on any atom is -0.317 e. The van der Waals surface area contributed by atoms with E-state index in [0.717, 1.165) is 24.6 Å². The van der Waals surface area contributed by atoms with Gasteiger partial charge in [0.1, 0.15) is 11.6 Å². The Labute approximate surface area is 127 Å². The average molecular weight is 286 g/mol. The Bertz CT molecular complexity index is 572. The van der Waals surface area contributed by atoms with Crippen molar-refractivity contribution in [2.75, 3.05) is 0 Å². The van der Waals surface area contributed by atoms with Crippen LogP contribution in [0.2, 0.25) is 0 Å². The molecule has 0 aliphatic carbocycles. The summed E-state index contributed by atoms with van der Waals surface area (Å²) in [5, 5.41) is 12.1. The molecule has 4 heteroatoms. The standard InChI is InChI=1S/C17H26N4/c1-6-15-19-20-16(21(15)5)12-18-13(2)17(3,4)14-10-8-7-9-11-14/h7-11,13,18H,6,12H2,1-5H3/t13-/m1/s1. The van der Waals surface area contributed by atoms with Crippen LogP contribution in [0.3, 0.4) is 0 Å². The molecule has 1 aromatic carbocycles. The lowest BCUT2D eigenvalue weighted by Crippen LogP contribution is -2.42. The van der Waals surface area contributed by atoms with Crippen molar-refractivity contribution in [3.8, 4) is 0 Å². The van der Waals surface area contributed by atoms with Crippen molar-refractivity contribution in [2.24, 2.45) is 7.05 Å². The fraction of sp³-hybridized carbons (Fsp3) is 0.529. The summed E-state index contributed by atoms with van der Waals surface area (Å²) in [4.78, 5) is 0. The molecule has 1 atom stereocenters. The molecule has 1 N–H and O–H groups in total. The van der Waals surface area contributed by atoms with E-state index >= 15 is 0 Å². The molecule has 1 aromatic heterocycles. The molecule has 0 fully saturated rings. The van der Waals surface area contributed by atoms with E-state index in [4.69, 9.17) is 0 Å². The number of benzene rings is 1. The smallest absolute Gasteiger partial charge is 0.146 e. The molecule has 0 saturated carbocycles. The Kier molecular flexibility index (Phi) is 4.78. The zero-order valence-electron chi connectivity index (χ0n) is 13.7. The van der Waals surface area contributed by atoms with Gasteiger partial charge in [0.05, 0.1) is 6.54 Å². The Hall–Kier alpha value is -1.68. The van der Waals surface area contributed by atoms with Gasteiger partial charge >= 0.3 is 0 Å². The molecule has 4 nitrogen and oxygen atoms in total. The third-order valence-corrected chi connectivity index (χ3v) is 4.54. The van der Waals surface area contributed by atoms with Crippen LogP contribution < -0.4 is 5.32 Å². The van der Waals surface area contributed by atoms with Gasteiger partial charge in [0.15, 0.2) is 0 Å². The summed E-state index contributed by atoms with van der Waals surface area (Å²) in [7, 11) is 2.03. The number of aryl methyl sites for hydroxylation is 1. The molecule has 0 aliphatic rings. The van der Waals surface area contributed by atoms with E-state index in [-0.39, 0.29) is 5.41 Å². The summed E-state index contributed by atoms with van der Waals surface area (Å²) in [5.41, 5.74) is 1.41. The van der Waals surface area contributed by atoms with Gasteiger partial charge in [-0.25, -0.2) is 0 Å². The second-order valence-corrected chi connectivity index (χ2v) is 6.14. The van der Waals surface area contributed by atoms with E-state index in [1.54, 1.807) is 0 Å². The predicted molar refractivity (Wildman–Crippen MR) is 86.2 cm³/mol. The fourth-order valence-electron chi connectivity index (χ4n) is 2.48. The van der Waals surface area contributed by atoms with E-state index in [0.29, 0.717) is 6.04 Å². The van der Waals surface area contributed by atoms with Gasteiger partial charge in [0, 0.05) is 24.9 Å². The van der Waals surface area contributed by atoms with Gasteiger partial charge in [-0.15, -0.1) is 10.2 Å². The number of rotatable bonds is 6. The van der Waals surface area contributed by atoms with Crippen molar-refractivity contribution in [1.82, 2.24) is 20.1 Å². The van der Waals surface area contributed by atoms with Crippen LogP contribution in [0, 0.1) is 0 Å². The van der Waals surface area contributed by atoms with Crippen LogP contribution in [0.5, 0.6) is 0 Å². The Morgan fingerprint density at radius 3 is 2.33 bits per heavy atom. The minimum absolute atomic E-state index is 0.0629. The number of nitrogens with one attached hydrogen (secondary N) is 1. The van der Waals surface area contributed by atoms with Crippen molar-refractivity contribution in [2.45, 2.75) is 52.1 Å². The highest BCUT2D eigenvalue weighted by Gasteiger charge is 2.27. The maximum absolute atomic E-state index is 4.26. The summed E-state index contributed by atoms with van der Waals surface area (Å²) >= 11 is 0. The highest BCUT2D eigenvalue weighted by atomic mass is 15.3. The largest absolute Gasteiger partial charge is 0.317 e. The maximum Gasteiger partial charge on any atom is 0.146 e.